The van der Waals surface area contributed by atoms with Gasteiger partial charge in [-0.3, -0.25) is 0 Å². The van der Waals surface area contributed by atoms with E-state index in [2.05, 4.69) is 9.71 Å². The summed E-state index contributed by atoms with van der Waals surface area (Å²) in [6.45, 7) is 2.48. The quantitative estimate of drug-likeness (QED) is 0.792. The molecule has 1 aliphatic heterocycles. The molecule has 27 heavy (non-hydrogen) atoms. The first-order valence-electron chi connectivity index (χ1n) is 8.78. The van der Waals surface area contributed by atoms with Crippen LogP contribution in [0.1, 0.15) is 19.0 Å². The number of likely N-dealkylation sites (tertiary alicyclic amines) is 1. The van der Waals surface area contributed by atoms with Crippen LogP contribution in [-0.2, 0) is 21.2 Å². The number of carbonyl (C=O) groups excluding carboxylic acids is 1. The van der Waals surface area contributed by atoms with Crippen molar-refractivity contribution in [1.82, 2.24) is 14.6 Å². The maximum atomic E-state index is 12.3. The number of hydrogen-bond acceptors (Lipinski definition) is 6. The molecular formula is C18H23N3O4S2. The molecular weight excluding hydrogens is 386 g/mol. The molecule has 0 radical (unpaired) electrons. The lowest BCUT2D eigenvalue weighted by Crippen LogP contribution is -2.47. The van der Waals surface area contributed by atoms with Gasteiger partial charge in [0, 0.05) is 30.0 Å². The molecule has 146 valence electrons. The number of hydrogen-bond donors (Lipinski definition) is 1. The Hall–Kier alpha value is -1.97. The van der Waals surface area contributed by atoms with Crippen molar-refractivity contribution < 1.29 is 17.9 Å². The zero-order valence-electron chi connectivity index (χ0n) is 15.3. The van der Waals surface area contributed by atoms with Crippen LogP contribution in [0.4, 0.5) is 4.79 Å². The van der Waals surface area contributed by atoms with Gasteiger partial charge in [-0.05, 0) is 13.3 Å². The minimum absolute atomic E-state index is 0.279. The summed E-state index contributed by atoms with van der Waals surface area (Å²) in [5, 5.41) is 2.86. The Morgan fingerprint density at radius 2 is 2.11 bits per heavy atom. The molecule has 3 rings (SSSR count). The van der Waals surface area contributed by atoms with Gasteiger partial charge in [0.05, 0.1) is 24.6 Å². The average molecular weight is 410 g/mol. The Labute approximate surface area is 163 Å². The molecule has 9 heteroatoms. The van der Waals surface area contributed by atoms with Gasteiger partial charge in [0.2, 0.25) is 10.0 Å². The van der Waals surface area contributed by atoms with Gasteiger partial charge in [0.15, 0.2) is 0 Å². The molecule has 0 aliphatic carbocycles. The van der Waals surface area contributed by atoms with E-state index in [0.29, 0.717) is 19.4 Å². The lowest BCUT2D eigenvalue weighted by atomic mass is 10.1. The van der Waals surface area contributed by atoms with Gasteiger partial charge in [-0.15, -0.1) is 11.3 Å². The zero-order valence-corrected chi connectivity index (χ0v) is 16.9. The molecule has 1 aromatic heterocycles. The van der Waals surface area contributed by atoms with Crippen LogP contribution in [0, 0.1) is 0 Å². The number of amides is 1. The van der Waals surface area contributed by atoms with Crippen LogP contribution in [0.2, 0.25) is 0 Å². The van der Waals surface area contributed by atoms with Gasteiger partial charge in [0.25, 0.3) is 0 Å². The second-order valence-corrected chi connectivity index (χ2v) is 9.10. The lowest BCUT2D eigenvalue weighted by molar-refractivity contribution is 0.101. The summed E-state index contributed by atoms with van der Waals surface area (Å²) in [4.78, 5) is 18.6. The minimum Gasteiger partial charge on any atom is -0.450 e. The first-order valence-corrected chi connectivity index (χ1v) is 11.5. The summed E-state index contributed by atoms with van der Waals surface area (Å²) in [5.41, 5.74) is 1.87. The summed E-state index contributed by atoms with van der Waals surface area (Å²) >= 11 is 1.54. The third kappa shape index (κ3) is 5.06. The van der Waals surface area contributed by atoms with Crippen LogP contribution in [-0.4, -0.2) is 55.9 Å². The molecule has 1 aromatic carbocycles. The third-order valence-electron chi connectivity index (χ3n) is 4.40. The van der Waals surface area contributed by atoms with Crippen LogP contribution in [0.25, 0.3) is 10.6 Å². The first-order chi connectivity index (χ1) is 12.9. The Balaban J connectivity index is 1.81. The van der Waals surface area contributed by atoms with Gasteiger partial charge < -0.3 is 9.64 Å². The fourth-order valence-corrected chi connectivity index (χ4v) is 4.94. The highest BCUT2D eigenvalue weighted by Gasteiger charge is 2.39. The third-order valence-corrected chi connectivity index (χ3v) is 6.08. The van der Waals surface area contributed by atoms with Crippen molar-refractivity contribution in [2.75, 3.05) is 19.4 Å². The molecule has 0 saturated carbocycles. The predicted octanol–water partition coefficient (Wildman–Crippen LogP) is 2.50. The van der Waals surface area contributed by atoms with Gasteiger partial charge in [-0.25, -0.2) is 22.9 Å². The number of sulfonamides is 1. The molecule has 1 N–H and O–H groups in total. The van der Waals surface area contributed by atoms with Crippen LogP contribution >= 0.6 is 11.3 Å². The number of ether oxygens (including phenoxy) is 1. The predicted molar refractivity (Wildman–Crippen MR) is 105 cm³/mol. The Kier molecular flexibility index (Phi) is 6.13. The normalized spacial score (nSPS) is 20.0. The molecule has 2 atom stereocenters. The lowest BCUT2D eigenvalue weighted by Gasteiger charge is -2.27. The maximum absolute atomic E-state index is 12.3. The van der Waals surface area contributed by atoms with Crippen molar-refractivity contribution in [1.29, 1.82) is 0 Å². The van der Waals surface area contributed by atoms with E-state index in [-0.39, 0.29) is 18.7 Å². The number of rotatable bonds is 6. The van der Waals surface area contributed by atoms with Gasteiger partial charge >= 0.3 is 6.09 Å². The molecule has 0 bridgehead atoms. The minimum atomic E-state index is -3.38. The SMILES string of the molecule is CCOC(=O)N1CC[C@@H](NS(C)(=O)=O)[C@H]1Cc1csc(-c2ccccc2)n1. The van der Waals surface area contributed by atoms with Crippen molar-refractivity contribution >= 4 is 27.5 Å². The number of nitrogens with zero attached hydrogens (tertiary/aromatic N) is 2. The molecule has 7 nitrogen and oxygen atoms in total. The highest BCUT2D eigenvalue weighted by atomic mass is 32.2. The number of benzene rings is 1. The number of carbonyl (C=O) groups is 1. The van der Waals surface area contributed by atoms with Crippen LogP contribution < -0.4 is 4.72 Å². The Morgan fingerprint density at radius 3 is 2.78 bits per heavy atom. The molecule has 0 spiro atoms. The number of nitrogens with one attached hydrogen (secondary N) is 1. The molecule has 1 fully saturated rings. The highest BCUT2D eigenvalue weighted by molar-refractivity contribution is 7.88. The Morgan fingerprint density at radius 1 is 1.37 bits per heavy atom. The molecule has 1 saturated heterocycles. The van der Waals surface area contributed by atoms with E-state index in [1.165, 1.54) is 11.3 Å². The first kappa shape index (κ1) is 19.8. The van der Waals surface area contributed by atoms with Crippen molar-refractivity contribution in [3.05, 3.63) is 41.4 Å². The largest absolute Gasteiger partial charge is 0.450 e. The fourth-order valence-electron chi connectivity index (χ4n) is 3.28. The molecule has 1 amide bonds. The highest BCUT2D eigenvalue weighted by Crippen LogP contribution is 2.27. The van der Waals surface area contributed by atoms with Crippen molar-refractivity contribution in [2.45, 2.75) is 31.8 Å². The van der Waals surface area contributed by atoms with E-state index >= 15 is 0 Å². The summed E-state index contributed by atoms with van der Waals surface area (Å²) in [6, 6.07) is 9.18. The van der Waals surface area contributed by atoms with E-state index in [9.17, 15) is 13.2 Å². The van der Waals surface area contributed by atoms with Gasteiger partial charge in [-0.2, -0.15) is 0 Å². The Bertz CT molecular complexity index is 883. The fraction of sp³-hybridized carbons (Fsp3) is 0.444. The van der Waals surface area contributed by atoms with Crippen LogP contribution in [0.15, 0.2) is 35.7 Å². The molecule has 0 unspecified atom stereocenters. The van der Waals surface area contributed by atoms with Gasteiger partial charge in [0.1, 0.15) is 5.01 Å². The van der Waals surface area contributed by atoms with E-state index in [4.69, 9.17) is 4.74 Å². The summed E-state index contributed by atoms with van der Waals surface area (Å²) < 4.78 is 31.2. The molecule has 2 aromatic rings. The maximum Gasteiger partial charge on any atom is 0.410 e. The standard InChI is InChI=1S/C18H23N3O4S2/c1-3-25-18(22)21-10-9-15(20-27(2,23)24)16(21)11-14-12-26-17(19-14)13-7-5-4-6-8-13/h4-8,12,15-16,20H,3,9-11H2,1-2H3/t15-,16-/m1/s1. The number of aromatic nitrogens is 1. The molecule has 1 aliphatic rings. The van der Waals surface area contributed by atoms with Crippen molar-refractivity contribution in [3.8, 4) is 10.6 Å². The molecule has 2 heterocycles. The average Bonchev–Trinajstić information content (AvgIpc) is 3.23. The monoisotopic (exact) mass is 409 g/mol. The summed E-state index contributed by atoms with van der Waals surface area (Å²) in [5.74, 6) is 0. The second kappa shape index (κ2) is 8.37. The number of thiazole rings is 1. The van der Waals surface area contributed by atoms with E-state index in [1.54, 1.807) is 11.8 Å². The van der Waals surface area contributed by atoms with E-state index in [0.717, 1.165) is 22.5 Å². The topological polar surface area (TPSA) is 88.6 Å². The second-order valence-electron chi connectivity index (χ2n) is 6.46. The van der Waals surface area contributed by atoms with Gasteiger partial charge in [-0.1, -0.05) is 30.3 Å². The van der Waals surface area contributed by atoms with E-state index in [1.807, 2.05) is 35.7 Å². The summed E-state index contributed by atoms with van der Waals surface area (Å²) in [6.07, 6.45) is 1.73. The van der Waals surface area contributed by atoms with Crippen molar-refractivity contribution in [2.24, 2.45) is 0 Å². The smallest absolute Gasteiger partial charge is 0.410 e. The van der Waals surface area contributed by atoms with Crippen LogP contribution in [0.3, 0.4) is 0 Å². The summed E-state index contributed by atoms with van der Waals surface area (Å²) in [7, 11) is -3.38. The van der Waals surface area contributed by atoms with Crippen LogP contribution in [0.5, 0.6) is 0 Å². The van der Waals surface area contributed by atoms with Crippen molar-refractivity contribution in [3.63, 3.8) is 0 Å². The van der Waals surface area contributed by atoms with E-state index < -0.39 is 16.1 Å². The zero-order chi connectivity index (χ0) is 19.4.